The molecule has 0 amide bonds. The van der Waals surface area contributed by atoms with Gasteiger partial charge in [-0.25, -0.2) is 0 Å². The Balaban J connectivity index is 1.15. The van der Waals surface area contributed by atoms with Crippen molar-refractivity contribution in [2.75, 3.05) is 0 Å². The molecule has 274 valence electrons. The molecular formula is C58H36O. The van der Waals surface area contributed by atoms with Crippen LogP contribution < -0.4 is 0 Å². The molecule has 0 bridgehead atoms. The number of hydrogen-bond donors (Lipinski definition) is 0. The lowest BCUT2D eigenvalue weighted by Crippen LogP contribution is -1.92. The molecule has 59 heavy (non-hydrogen) atoms. The molecule has 0 fully saturated rings. The van der Waals surface area contributed by atoms with Gasteiger partial charge in [-0.1, -0.05) is 194 Å². The minimum absolute atomic E-state index is 0.0964. The van der Waals surface area contributed by atoms with Crippen LogP contribution in [0.5, 0.6) is 0 Å². The van der Waals surface area contributed by atoms with Gasteiger partial charge in [-0.15, -0.1) is 0 Å². The van der Waals surface area contributed by atoms with Gasteiger partial charge in [-0.2, -0.15) is 0 Å². The van der Waals surface area contributed by atoms with E-state index in [9.17, 15) is 5.48 Å². The Morgan fingerprint density at radius 1 is 0.305 bits per heavy atom. The molecule has 0 spiro atoms. The van der Waals surface area contributed by atoms with E-state index in [1.165, 1.54) is 0 Å². The summed E-state index contributed by atoms with van der Waals surface area (Å²) in [6.07, 6.45) is 0. The lowest BCUT2D eigenvalue weighted by atomic mass is 9.84. The van der Waals surface area contributed by atoms with Gasteiger partial charge >= 0.3 is 0 Å². The lowest BCUT2D eigenvalue weighted by Gasteiger charge is -2.19. The maximum absolute atomic E-state index is 9.66. The zero-order valence-corrected chi connectivity index (χ0v) is 31.1. The van der Waals surface area contributed by atoms with E-state index < -0.39 is 83.6 Å². The molecule has 12 aromatic rings. The van der Waals surface area contributed by atoms with Crippen LogP contribution >= 0.6 is 0 Å². The Hall–Kier alpha value is -7.74. The molecule has 12 rings (SSSR count). The standard InChI is InChI=1S/C58H36O/c1-3-15-37(16-4-1)38-27-29-40(30-28-38)57-51(33-34-52-46-21-13-14-26-54(46)59-58(52)57)53-36-42-35-41(31-32-43(42)44-19-7-8-20-45(44)53)56-49-24-11-9-22-47(49)55(39-17-5-2-6-18-39)48-23-10-12-25-50(48)56/h1-36H/i1D,2D,3D,4D,5D,6D,15D,16D,17D,18D,27D,28D,29D,30D. The monoisotopic (exact) mass is 762 g/mol. The van der Waals surface area contributed by atoms with E-state index >= 15 is 0 Å². The first-order valence-electron chi connectivity index (χ1n) is 26.2. The first-order chi connectivity index (χ1) is 35.1. The summed E-state index contributed by atoms with van der Waals surface area (Å²) in [7, 11) is 0. The van der Waals surface area contributed by atoms with E-state index in [0.717, 1.165) is 48.8 Å². The molecule has 1 heteroatoms. The van der Waals surface area contributed by atoms with Gasteiger partial charge < -0.3 is 4.42 Å². The van der Waals surface area contributed by atoms with Crippen molar-refractivity contribution in [2.24, 2.45) is 0 Å². The number of furan rings is 1. The van der Waals surface area contributed by atoms with Gasteiger partial charge in [-0.05, 0) is 117 Å². The zero-order valence-electron chi connectivity index (χ0n) is 45.1. The fourth-order valence-corrected chi connectivity index (χ4v) is 8.77. The smallest absolute Gasteiger partial charge is 0.143 e. The summed E-state index contributed by atoms with van der Waals surface area (Å²) < 4.78 is 130. The molecule has 0 N–H and O–H groups in total. The number of fused-ring (bicyclic) bond motifs is 8. The van der Waals surface area contributed by atoms with Crippen molar-refractivity contribution in [2.45, 2.75) is 0 Å². The second kappa shape index (κ2) is 13.4. The number of rotatable bonds is 5. The van der Waals surface area contributed by atoms with Gasteiger partial charge in [0.1, 0.15) is 11.2 Å². The quantitative estimate of drug-likeness (QED) is 0.126. The maximum Gasteiger partial charge on any atom is 0.143 e. The topological polar surface area (TPSA) is 13.1 Å². The summed E-state index contributed by atoms with van der Waals surface area (Å²) in [5.41, 5.74) is 3.75. The van der Waals surface area contributed by atoms with Crippen LogP contribution in [0.4, 0.5) is 0 Å². The van der Waals surface area contributed by atoms with Crippen molar-refractivity contribution in [3.05, 3.63) is 218 Å². The molecule has 0 aliphatic carbocycles. The molecule has 1 heterocycles. The van der Waals surface area contributed by atoms with Gasteiger partial charge in [0.15, 0.2) is 0 Å². The predicted molar refractivity (Wildman–Crippen MR) is 251 cm³/mol. The van der Waals surface area contributed by atoms with Crippen LogP contribution in [-0.2, 0) is 0 Å². The van der Waals surface area contributed by atoms with Crippen molar-refractivity contribution >= 4 is 65.0 Å². The van der Waals surface area contributed by atoms with E-state index in [2.05, 4.69) is 18.2 Å². The van der Waals surface area contributed by atoms with E-state index in [1.807, 2.05) is 115 Å². The number of benzene rings is 11. The van der Waals surface area contributed by atoms with Gasteiger partial charge in [0, 0.05) is 16.3 Å². The summed E-state index contributed by atoms with van der Waals surface area (Å²) >= 11 is 0. The van der Waals surface area contributed by atoms with Crippen LogP contribution in [0, 0.1) is 0 Å². The molecule has 1 nitrogen and oxygen atoms in total. The summed E-state index contributed by atoms with van der Waals surface area (Å²) in [6, 6.07) is 35.4. The summed E-state index contributed by atoms with van der Waals surface area (Å²) in [5.74, 6) is 0. The van der Waals surface area contributed by atoms with Crippen molar-refractivity contribution in [3.63, 3.8) is 0 Å². The molecule has 0 atom stereocenters. The molecule has 1 aromatic heterocycles. The molecule has 0 saturated heterocycles. The molecule has 0 aliphatic heterocycles. The third kappa shape index (κ3) is 5.33. The summed E-state index contributed by atoms with van der Waals surface area (Å²) in [5, 5.41) is 7.90. The highest BCUT2D eigenvalue weighted by Crippen LogP contribution is 2.48. The minimum Gasteiger partial charge on any atom is -0.455 e. The largest absolute Gasteiger partial charge is 0.455 e. The minimum atomic E-state index is -0.663. The van der Waals surface area contributed by atoms with Gasteiger partial charge in [0.05, 0.1) is 19.2 Å². The summed E-state index contributed by atoms with van der Waals surface area (Å²) in [6.45, 7) is 0. The zero-order chi connectivity index (χ0) is 51.0. The highest BCUT2D eigenvalue weighted by Gasteiger charge is 2.21. The average Bonchev–Trinajstić information content (AvgIpc) is 3.80. The fourth-order valence-electron chi connectivity index (χ4n) is 8.77. The van der Waals surface area contributed by atoms with E-state index in [-0.39, 0.29) is 28.8 Å². The second-order valence-electron chi connectivity index (χ2n) is 14.5. The normalized spacial score (nSPS) is 15.1. The first kappa shape index (κ1) is 22.3. The van der Waals surface area contributed by atoms with Crippen molar-refractivity contribution in [1.82, 2.24) is 0 Å². The SMILES string of the molecule is [2H]c1c([2H])c([2H])c(-c2c([2H])c([2H])c(-c3c(-c4cc5cc(-c6c7ccccc7c(-c7c([2H])c([2H])c([2H])c([2H])c7[2H])c7ccccc67)ccc5c5ccccc45)ccc4c3oc3ccccc34)c([2H])c2[2H])c([2H])c1[2H]. The molecule has 11 aromatic carbocycles. The molecular weight excluding hydrogens is 713 g/mol. The van der Waals surface area contributed by atoms with Crippen LogP contribution in [-0.4, -0.2) is 0 Å². The Labute approximate surface area is 361 Å². The Morgan fingerprint density at radius 2 is 0.797 bits per heavy atom. The van der Waals surface area contributed by atoms with Crippen molar-refractivity contribution in [1.29, 1.82) is 0 Å². The van der Waals surface area contributed by atoms with Gasteiger partial charge in [-0.3, -0.25) is 0 Å². The Kier molecular flexibility index (Phi) is 5.07. The first-order valence-corrected chi connectivity index (χ1v) is 19.2. The number of hydrogen-bond acceptors (Lipinski definition) is 1. The van der Waals surface area contributed by atoms with Crippen LogP contribution in [0.3, 0.4) is 0 Å². The number of para-hydroxylation sites is 1. The average molecular weight is 763 g/mol. The van der Waals surface area contributed by atoms with Crippen molar-refractivity contribution in [3.8, 4) is 55.6 Å². The highest BCUT2D eigenvalue weighted by molar-refractivity contribution is 6.23. The molecule has 0 unspecified atom stereocenters. The van der Waals surface area contributed by atoms with Crippen molar-refractivity contribution < 1.29 is 23.6 Å². The third-order valence-electron chi connectivity index (χ3n) is 11.3. The van der Waals surface area contributed by atoms with Gasteiger partial charge in [0.25, 0.3) is 0 Å². The predicted octanol–water partition coefficient (Wildman–Crippen LogP) is 16.5. The maximum atomic E-state index is 9.66. The Bertz CT molecular complexity index is 4300. The lowest BCUT2D eigenvalue weighted by molar-refractivity contribution is 0.670. The van der Waals surface area contributed by atoms with Crippen LogP contribution in [0.2, 0.25) is 0 Å². The van der Waals surface area contributed by atoms with E-state index in [1.54, 1.807) is 0 Å². The molecule has 0 aliphatic rings. The fraction of sp³-hybridized carbons (Fsp3) is 0. The Morgan fingerprint density at radius 3 is 1.46 bits per heavy atom. The van der Waals surface area contributed by atoms with Crippen LogP contribution in [0.25, 0.3) is 121 Å². The second-order valence-corrected chi connectivity index (χ2v) is 14.5. The van der Waals surface area contributed by atoms with E-state index in [0.29, 0.717) is 44.0 Å². The van der Waals surface area contributed by atoms with E-state index in [4.69, 9.17) is 18.1 Å². The van der Waals surface area contributed by atoms with Crippen LogP contribution in [0.15, 0.2) is 222 Å². The van der Waals surface area contributed by atoms with Crippen LogP contribution in [0.1, 0.15) is 19.2 Å². The summed E-state index contributed by atoms with van der Waals surface area (Å²) in [4.78, 5) is 0. The molecule has 0 radical (unpaired) electrons. The van der Waals surface area contributed by atoms with Gasteiger partial charge in [0.2, 0.25) is 0 Å². The third-order valence-corrected chi connectivity index (χ3v) is 11.3. The highest BCUT2D eigenvalue weighted by atomic mass is 16.3. The molecule has 0 saturated carbocycles.